The van der Waals surface area contributed by atoms with Gasteiger partial charge in [0.2, 0.25) is 11.8 Å². The second-order valence-electron chi connectivity index (χ2n) is 9.45. The van der Waals surface area contributed by atoms with Crippen LogP contribution in [0, 0.1) is 0 Å². The maximum Gasteiger partial charge on any atom is 0.408 e. The van der Waals surface area contributed by atoms with E-state index in [0.29, 0.717) is 19.4 Å². The number of ether oxygens (including phenoxy) is 1. The lowest BCUT2D eigenvalue weighted by Gasteiger charge is -2.35. The molecule has 3 aliphatic rings. The molecule has 2 aliphatic heterocycles. The Hall–Kier alpha value is -1.83. The van der Waals surface area contributed by atoms with Crippen LogP contribution in [0.1, 0.15) is 72.1 Å². The van der Waals surface area contributed by atoms with Gasteiger partial charge in [0.05, 0.1) is 5.54 Å². The van der Waals surface area contributed by atoms with Gasteiger partial charge in [0.1, 0.15) is 17.7 Å². The molecule has 8 heteroatoms. The maximum atomic E-state index is 13.3. The summed E-state index contributed by atoms with van der Waals surface area (Å²) in [5.41, 5.74) is 4.88. The maximum absolute atomic E-state index is 13.3. The zero-order chi connectivity index (χ0) is 20.5. The molecule has 1 saturated carbocycles. The zero-order valence-corrected chi connectivity index (χ0v) is 17.3. The molecule has 4 N–H and O–H groups in total. The molecule has 0 aromatic rings. The van der Waals surface area contributed by atoms with E-state index in [1.54, 1.807) is 25.7 Å². The van der Waals surface area contributed by atoms with Gasteiger partial charge in [-0.25, -0.2) is 4.79 Å². The van der Waals surface area contributed by atoms with Crippen LogP contribution in [0.15, 0.2) is 0 Å². The van der Waals surface area contributed by atoms with Crippen LogP contribution in [0.25, 0.3) is 0 Å². The van der Waals surface area contributed by atoms with Gasteiger partial charge in [0.25, 0.3) is 0 Å². The van der Waals surface area contributed by atoms with E-state index < -0.39 is 23.8 Å². The Labute approximate surface area is 166 Å². The monoisotopic (exact) mass is 394 g/mol. The van der Waals surface area contributed by atoms with Crippen LogP contribution in [0.5, 0.6) is 0 Å². The fourth-order valence-corrected chi connectivity index (χ4v) is 4.25. The van der Waals surface area contributed by atoms with E-state index in [9.17, 15) is 14.4 Å². The highest BCUT2D eigenvalue weighted by atomic mass is 16.6. The van der Waals surface area contributed by atoms with Gasteiger partial charge in [-0.2, -0.15) is 0 Å². The number of carbonyl (C=O) groups excluding carboxylic acids is 3. The van der Waals surface area contributed by atoms with Crippen molar-refractivity contribution in [3.8, 4) is 0 Å². The third-order valence-electron chi connectivity index (χ3n) is 5.96. The number of fused-ring (bicyclic) bond motifs is 1. The first-order chi connectivity index (χ1) is 13.1. The van der Waals surface area contributed by atoms with Crippen molar-refractivity contribution >= 4 is 17.9 Å². The van der Waals surface area contributed by atoms with Crippen LogP contribution in [0.3, 0.4) is 0 Å². The molecule has 1 aliphatic carbocycles. The first-order valence-corrected chi connectivity index (χ1v) is 10.5. The van der Waals surface area contributed by atoms with Crippen molar-refractivity contribution in [1.29, 1.82) is 0 Å². The summed E-state index contributed by atoms with van der Waals surface area (Å²) in [7, 11) is 0. The molecule has 0 spiro atoms. The van der Waals surface area contributed by atoms with Crippen molar-refractivity contribution in [3.05, 3.63) is 0 Å². The largest absolute Gasteiger partial charge is 0.444 e. The Kier molecular flexibility index (Phi) is 5.89. The molecule has 0 aromatic carbocycles. The molecule has 3 amide bonds. The molecule has 0 aromatic heterocycles. The molecule has 8 nitrogen and oxygen atoms in total. The van der Waals surface area contributed by atoms with Crippen molar-refractivity contribution < 1.29 is 19.1 Å². The zero-order valence-electron chi connectivity index (χ0n) is 17.3. The lowest BCUT2D eigenvalue weighted by atomic mass is 9.99. The topological polar surface area (TPSA) is 114 Å². The van der Waals surface area contributed by atoms with Crippen LogP contribution in [-0.2, 0) is 14.3 Å². The molecule has 2 saturated heterocycles. The number of rotatable bonds is 4. The lowest BCUT2D eigenvalue weighted by molar-refractivity contribution is -0.143. The van der Waals surface area contributed by atoms with Crippen LogP contribution in [-0.4, -0.2) is 58.6 Å². The number of nitrogens with zero attached hydrogens (tertiary/aromatic N) is 1. The first-order valence-electron chi connectivity index (χ1n) is 10.5. The minimum absolute atomic E-state index is 0.0551. The molecular weight excluding hydrogens is 360 g/mol. The third-order valence-corrected chi connectivity index (χ3v) is 5.96. The second-order valence-corrected chi connectivity index (χ2v) is 9.45. The molecular formula is C20H34N4O4. The number of alkyl carbamates (subject to hydrolysis) is 1. The Bertz CT molecular complexity index is 626. The SMILES string of the molecule is CC(C)(C)OC(=O)N[C@H]1CCCC[C@H]2CC[C@@H](C(=O)NC3(CN)CC3)N2C1=O. The van der Waals surface area contributed by atoms with Gasteiger partial charge in [-0.3, -0.25) is 9.59 Å². The molecule has 0 bridgehead atoms. The van der Waals surface area contributed by atoms with Gasteiger partial charge < -0.3 is 26.0 Å². The van der Waals surface area contributed by atoms with Crippen molar-refractivity contribution in [3.63, 3.8) is 0 Å². The molecule has 28 heavy (non-hydrogen) atoms. The molecule has 3 fully saturated rings. The van der Waals surface area contributed by atoms with Crippen molar-refractivity contribution in [2.75, 3.05) is 6.54 Å². The fourth-order valence-electron chi connectivity index (χ4n) is 4.25. The summed E-state index contributed by atoms with van der Waals surface area (Å²) in [4.78, 5) is 40.1. The molecule has 0 radical (unpaired) electrons. The highest BCUT2D eigenvalue weighted by Crippen LogP contribution is 2.36. The number of amides is 3. The summed E-state index contributed by atoms with van der Waals surface area (Å²) in [6, 6.07) is -1.09. The van der Waals surface area contributed by atoms with Crippen molar-refractivity contribution in [2.24, 2.45) is 5.73 Å². The molecule has 2 heterocycles. The van der Waals surface area contributed by atoms with Gasteiger partial charge in [-0.1, -0.05) is 12.8 Å². The Morgan fingerprint density at radius 1 is 1.18 bits per heavy atom. The van der Waals surface area contributed by atoms with Gasteiger partial charge >= 0.3 is 6.09 Å². The normalized spacial score (nSPS) is 29.4. The summed E-state index contributed by atoms with van der Waals surface area (Å²) < 4.78 is 5.32. The van der Waals surface area contributed by atoms with Crippen LogP contribution in [0.4, 0.5) is 4.79 Å². The summed E-state index contributed by atoms with van der Waals surface area (Å²) in [5.74, 6) is -0.291. The number of nitrogens with one attached hydrogen (secondary N) is 2. The first kappa shape index (κ1) is 20.9. The predicted octanol–water partition coefficient (Wildman–Crippen LogP) is 1.42. The summed E-state index contributed by atoms with van der Waals surface area (Å²) in [6.45, 7) is 5.78. The average molecular weight is 395 g/mol. The van der Waals surface area contributed by atoms with E-state index in [0.717, 1.165) is 38.5 Å². The van der Waals surface area contributed by atoms with Gasteiger partial charge in [0.15, 0.2) is 0 Å². The molecule has 0 unspecified atom stereocenters. The lowest BCUT2D eigenvalue weighted by Crippen LogP contribution is -2.58. The van der Waals surface area contributed by atoms with Gasteiger partial charge in [0, 0.05) is 12.6 Å². The summed E-state index contributed by atoms with van der Waals surface area (Å²) in [6.07, 6.45) is 5.96. The van der Waals surface area contributed by atoms with Crippen molar-refractivity contribution in [2.45, 2.75) is 101 Å². The Morgan fingerprint density at radius 2 is 1.86 bits per heavy atom. The van der Waals surface area contributed by atoms with E-state index in [2.05, 4.69) is 10.6 Å². The van der Waals surface area contributed by atoms with E-state index in [4.69, 9.17) is 10.5 Å². The van der Waals surface area contributed by atoms with Gasteiger partial charge in [-0.15, -0.1) is 0 Å². The quantitative estimate of drug-likeness (QED) is 0.667. The minimum atomic E-state index is -0.657. The van der Waals surface area contributed by atoms with E-state index in [1.165, 1.54) is 0 Å². The number of hydrogen-bond donors (Lipinski definition) is 3. The van der Waals surface area contributed by atoms with Crippen LogP contribution < -0.4 is 16.4 Å². The molecule has 3 atom stereocenters. The predicted molar refractivity (Wildman–Crippen MR) is 104 cm³/mol. The second kappa shape index (κ2) is 7.89. The van der Waals surface area contributed by atoms with Crippen LogP contribution >= 0.6 is 0 Å². The van der Waals surface area contributed by atoms with Gasteiger partial charge in [-0.05, 0) is 59.3 Å². The number of hydrogen-bond acceptors (Lipinski definition) is 5. The Morgan fingerprint density at radius 3 is 2.46 bits per heavy atom. The number of carbonyl (C=O) groups is 3. The van der Waals surface area contributed by atoms with E-state index in [1.807, 2.05) is 0 Å². The van der Waals surface area contributed by atoms with E-state index >= 15 is 0 Å². The van der Waals surface area contributed by atoms with Crippen LogP contribution in [0.2, 0.25) is 0 Å². The molecule has 158 valence electrons. The molecule has 3 rings (SSSR count). The Balaban J connectivity index is 1.71. The fraction of sp³-hybridized carbons (Fsp3) is 0.850. The minimum Gasteiger partial charge on any atom is -0.444 e. The summed E-state index contributed by atoms with van der Waals surface area (Å²) in [5, 5.41) is 5.80. The highest BCUT2D eigenvalue weighted by Gasteiger charge is 2.48. The average Bonchev–Trinajstić information content (AvgIpc) is 3.23. The van der Waals surface area contributed by atoms with Crippen molar-refractivity contribution in [1.82, 2.24) is 15.5 Å². The third kappa shape index (κ3) is 4.77. The standard InChI is InChI=1S/C20H34N4O4/c1-19(2,3)28-18(27)22-14-7-5-4-6-13-8-9-15(24(13)17(14)26)16(25)23-20(12-21)10-11-20/h13-15H,4-12,21H2,1-3H3,(H,22,27)(H,23,25)/t13-,14-,15-/m0/s1. The smallest absolute Gasteiger partial charge is 0.408 e. The highest BCUT2D eigenvalue weighted by molar-refractivity contribution is 5.92. The number of nitrogens with two attached hydrogens (primary N) is 1. The summed E-state index contributed by atoms with van der Waals surface area (Å²) >= 11 is 0. The van der Waals surface area contributed by atoms with E-state index in [-0.39, 0.29) is 23.4 Å².